The predicted octanol–water partition coefficient (Wildman–Crippen LogP) is 1.18. The van der Waals surface area contributed by atoms with Gasteiger partial charge >= 0.3 is 0 Å². The third kappa shape index (κ3) is 3.87. The fraction of sp³-hybridized carbons (Fsp3) is 0.818. The van der Waals surface area contributed by atoms with Gasteiger partial charge < -0.3 is 9.80 Å². The quantitative estimate of drug-likeness (QED) is 0.675. The normalized spacial score (nSPS) is 22.3. The second-order valence-corrected chi connectivity index (χ2v) is 5.13. The van der Waals surface area contributed by atoms with Crippen molar-refractivity contribution >= 4 is 23.0 Å². The van der Waals surface area contributed by atoms with Crippen molar-refractivity contribution in [2.24, 2.45) is 5.92 Å². The summed E-state index contributed by atoms with van der Waals surface area (Å²) in [6.45, 7) is 4.59. The Bertz CT molecular complexity index is 253. The van der Waals surface area contributed by atoms with Gasteiger partial charge in [0.05, 0.1) is 0 Å². The molecule has 0 saturated carbocycles. The maximum atomic E-state index is 11.8. The van der Waals surface area contributed by atoms with Crippen LogP contribution in [0, 0.1) is 5.92 Å². The zero-order valence-corrected chi connectivity index (χ0v) is 10.6. The van der Waals surface area contributed by atoms with Gasteiger partial charge in [0.15, 0.2) is 0 Å². The largest absolute Gasteiger partial charge is 0.341 e. The van der Waals surface area contributed by atoms with E-state index in [4.69, 9.17) is 12.2 Å². The van der Waals surface area contributed by atoms with Gasteiger partial charge in [0.1, 0.15) is 0 Å². The smallest absolute Gasteiger partial charge is 0.223 e. The molecule has 1 aliphatic heterocycles. The summed E-state index contributed by atoms with van der Waals surface area (Å²) in [7, 11) is 4.05. The monoisotopic (exact) mass is 228 g/mol. The van der Waals surface area contributed by atoms with E-state index in [1.54, 1.807) is 0 Å². The third-order valence-electron chi connectivity index (χ3n) is 2.91. The second kappa shape index (κ2) is 5.56. The van der Waals surface area contributed by atoms with Crippen molar-refractivity contribution < 1.29 is 4.79 Å². The highest BCUT2D eigenvalue weighted by Gasteiger charge is 2.26. The fourth-order valence-corrected chi connectivity index (χ4v) is 1.98. The van der Waals surface area contributed by atoms with Crippen LogP contribution in [0.25, 0.3) is 0 Å². The lowest BCUT2D eigenvalue weighted by Crippen LogP contribution is -2.43. The van der Waals surface area contributed by atoms with Gasteiger partial charge in [-0.25, -0.2) is 0 Å². The van der Waals surface area contributed by atoms with Crippen LogP contribution >= 0.6 is 12.2 Å². The van der Waals surface area contributed by atoms with Crippen molar-refractivity contribution in [1.29, 1.82) is 0 Å². The fourth-order valence-electron chi connectivity index (χ4n) is 1.78. The molecule has 0 unspecified atom stereocenters. The molecule has 1 heterocycles. The number of hydrogen-bond acceptors (Lipinski definition) is 3. The summed E-state index contributed by atoms with van der Waals surface area (Å²) in [5.41, 5.74) is 0. The Balaban J connectivity index is 2.39. The van der Waals surface area contributed by atoms with E-state index in [-0.39, 0.29) is 5.91 Å². The van der Waals surface area contributed by atoms with E-state index in [2.05, 4.69) is 4.90 Å². The minimum atomic E-state index is 0.261. The molecule has 0 aliphatic carbocycles. The number of rotatable bonds is 4. The van der Waals surface area contributed by atoms with Crippen LogP contribution in [0.5, 0.6) is 0 Å². The molecular formula is C11H20N2OS. The summed E-state index contributed by atoms with van der Waals surface area (Å²) >= 11 is 5.13. The number of nitrogens with zero attached hydrogens (tertiary/aromatic N) is 2. The standard InChI is InChI=1S/C11H20N2OS/c1-9(15)10-4-5-13(11(14)8-10)7-6-12(2)3/h10H,4-8H2,1-3H3/t10-/m0/s1. The first kappa shape index (κ1) is 12.6. The van der Waals surface area contributed by atoms with Crippen molar-refractivity contribution in [3.05, 3.63) is 0 Å². The number of amides is 1. The number of carbonyl (C=O) groups is 1. The molecule has 4 heteroatoms. The molecule has 0 aromatic rings. The highest BCUT2D eigenvalue weighted by Crippen LogP contribution is 2.19. The van der Waals surface area contributed by atoms with Crippen LogP contribution in [0.3, 0.4) is 0 Å². The molecule has 0 bridgehead atoms. The SMILES string of the molecule is CC(=S)[C@H]1CCN(CCN(C)C)C(=O)C1. The second-order valence-electron chi connectivity index (χ2n) is 4.48. The molecule has 0 aromatic heterocycles. The lowest BCUT2D eigenvalue weighted by atomic mass is 9.93. The minimum Gasteiger partial charge on any atom is -0.341 e. The van der Waals surface area contributed by atoms with Crippen molar-refractivity contribution in [3.8, 4) is 0 Å². The topological polar surface area (TPSA) is 23.6 Å². The average Bonchev–Trinajstić information content (AvgIpc) is 2.15. The van der Waals surface area contributed by atoms with E-state index >= 15 is 0 Å². The molecule has 1 amide bonds. The van der Waals surface area contributed by atoms with Crippen LogP contribution in [-0.2, 0) is 4.79 Å². The summed E-state index contributed by atoms with van der Waals surface area (Å²) in [5, 5.41) is 0. The molecule has 1 aliphatic rings. The Morgan fingerprint density at radius 2 is 2.27 bits per heavy atom. The number of likely N-dealkylation sites (tertiary alicyclic amines) is 1. The van der Waals surface area contributed by atoms with E-state index in [1.807, 2.05) is 25.9 Å². The predicted molar refractivity (Wildman–Crippen MR) is 66.1 cm³/mol. The van der Waals surface area contributed by atoms with E-state index in [9.17, 15) is 4.79 Å². The van der Waals surface area contributed by atoms with Crippen molar-refractivity contribution in [2.45, 2.75) is 19.8 Å². The van der Waals surface area contributed by atoms with Gasteiger partial charge in [-0.3, -0.25) is 4.79 Å². The molecule has 0 N–H and O–H groups in total. The molecule has 3 nitrogen and oxygen atoms in total. The third-order valence-corrected chi connectivity index (χ3v) is 3.25. The molecule has 0 aromatic carbocycles. The lowest BCUT2D eigenvalue weighted by Gasteiger charge is -2.32. The average molecular weight is 228 g/mol. The minimum absolute atomic E-state index is 0.261. The van der Waals surface area contributed by atoms with Crippen LogP contribution in [0.4, 0.5) is 0 Å². The summed E-state index contributed by atoms with van der Waals surface area (Å²) in [6.07, 6.45) is 1.65. The van der Waals surface area contributed by atoms with Crippen molar-refractivity contribution in [3.63, 3.8) is 0 Å². The number of thiocarbonyl (C=S) groups is 1. The van der Waals surface area contributed by atoms with E-state index < -0.39 is 0 Å². The van der Waals surface area contributed by atoms with Gasteiger partial charge in [-0.1, -0.05) is 12.2 Å². The Morgan fingerprint density at radius 3 is 2.73 bits per heavy atom. The highest BCUT2D eigenvalue weighted by atomic mass is 32.1. The Kier molecular flexibility index (Phi) is 4.67. The molecule has 0 spiro atoms. The van der Waals surface area contributed by atoms with Gasteiger partial charge in [0, 0.05) is 32.0 Å². The zero-order chi connectivity index (χ0) is 11.4. The van der Waals surface area contributed by atoms with E-state index in [0.717, 1.165) is 30.9 Å². The molecule has 1 rings (SSSR count). The summed E-state index contributed by atoms with van der Waals surface area (Å²) in [4.78, 5) is 16.8. The summed E-state index contributed by atoms with van der Waals surface area (Å²) in [5.74, 6) is 0.598. The van der Waals surface area contributed by atoms with Crippen LogP contribution in [0.15, 0.2) is 0 Å². The maximum absolute atomic E-state index is 11.8. The number of carbonyl (C=O) groups excluding carboxylic acids is 1. The van der Waals surface area contributed by atoms with Gasteiger partial charge in [-0.2, -0.15) is 0 Å². The Morgan fingerprint density at radius 1 is 1.60 bits per heavy atom. The first-order valence-corrected chi connectivity index (χ1v) is 5.84. The summed E-state index contributed by atoms with van der Waals surface area (Å²) < 4.78 is 0. The Labute approximate surface area is 97.4 Å². The van der Waals surface area contributed by atoms with E-state index in [1.165, 1.54) is 0 Å². The van der Waals surface area contributed by atoms with Crippen LogP contribution in [-0.4, -0.2) is 54.3 Å². The Hall–Kier alpha value is -0.480. The van der Waals surface area contributed by atoms with Crippen molar-refractivity contribution in [1.82, 2.24) is 9.80 Å². The van der Waals surface area contributed by atoms with Crippen LogP contribution in [0.2, 0.25) is 0 Å². The molecule has 1 fully saturated rings. The van der Waals surface area contributed by atoms with Gasteiger partial charge in [0.25, 0.3) is 0 Å². The molecule has 0 radical (unpaired) electrons. The van der Waals surface area contributed by atoms with Gasteiger partial charge in [-0.05, 0) is 32.3 Å². The highest BCUT2D eigenvalue weighted by molar-refractivity contribution is 7.80. The first-order valence-electron chi connectivity index (χ1n) is 5.43. The molecule has 15 heavy (non-hydrogen) atoms. The van der Waals surface area contributed by atoms with Crippen LogP contribution in [0.1, 0.15) is 19.8 Å². The van der Waals surface area contributed by atoms with Crippen LogP contribution < -0.4 is 0 Å². The van der Waals surface area contributed by atoms with Gasteiger partial charge in [0.2, 0.25) is 5.91 Å². The van der Waals surface area contributed by atoms with Crippen molar-refractivity contribution in [2.75, 3.05) is 33.7 Å². The molecule has 86 valence electrons. The molecule has 1 saturated heterocycles. The number of likely N-dealkylation sites (N-methyl/N-ethyl adjacent to an activating group) is 1. The maximum Gasteiger partial charge on any atom is 0.223 e. The zero-order valence-electron chi connectivity index (χ0n) is 9.82. The number of piperidine rings is 1. The molecule has 1 atom stereocenters. The summed E-state index contributed by atoms with van der Waals surface area (Å²) in [6, 6.07) is 0. The number of hydrogen-bond donors (Lipinski definition) is 0. The lowest BCUT2D eigenvalue weighted by molar-refractivity contribution is -0.134. The molecular weight excluding hydrogens is 208 g/mol. The van der Waals surface area contributed by atoms with Gasteiger partial charge in [-0.15, -0.1) is 0 Å². The van der Waals surface area contributed by atoms with E-state index in [0.29, 0.717) is 12.3 Å². The first-order chi connectivity index (χ1) is 7.00.